The van der Waals surface area contributed by atoms with E-state index in [4.69, 9.17) is 4.74 Å². The Morgan fingerprint density at radius 1 is 1.86 bits per heavy atom. The maximum atomic E-state index is 5.10. The molecule has 1 saturated heterocycles. The van der Waals surface area contributed by atoms with Gasteiger partial charge in [-0.2, -0.15) is 0 Å². The van der Waals surface area contributed by atoms with Gasteiger partial charge in [-0.05, 0) is 6.42 Å². The summed E-state index contributed by atoms with van der Waals surface area (Å²) in [6.45, 7) is 5.72. The molecule has 1 aliphatic heterocycles. The summed E-state index contributed by atoms with van der Waals surface area (Å²) >= 11 is 0. The molecule has 0 bridgehead atoms. The van der Waals surface area contributed by atoms with Gasteiger partial charge in [-0.1, -0.05) is 13.0 Å². The lowest BCUT2D eigenvalue weighted by atomic mass is 10.3. The lowest BCUT2D eigenvalue weighted by molar-refractivity contribution is 0.385. The monoisotopic (exact) mass is 98.1 g/mol. The molecule has 0 spiro atoms. The first-order chi connectivity index (χ1) is 3.38. The van der Waals surface area contributed by atoms with E-state index in [1.807, 2.05) is 6.08 Å². The van der Waals surface area contributed by atoms with Crippen molar-refractivity contribution in [1.29, 1.82) is 0 Å². The minimum Gasteiger partial charge on any atom is -0.365 e. The van der Waals surface area contributed by atoms with Crippen molar-refractivity contribution in [2.75, 3.05) is 0 Å². The van der Waals surface area contributed by atoms with Crippen molar-refractivity contribution in [2.24, 2.45) is 0 Å². The summed E-state index contributed by atoms with van der Waals surface area (Å²) in [5, 5.41) is 0. The highest BCUT2D eigenvalue weighted by Gasteiger charge is 2.33. The van der Waals surface area contributed by atoms with Crippen LogP contribution in [-0.4, -0.2) is 12.2 Å². The number of hydrogen-bond acceptors (Lipinski definition) is 1. The second-order valence-corrected chi connectivity index (χ2v) is 1.78. The highest BCUT2D eigenvalue weighted by Crippen LogP contribution is 2.24. The van der Waals surface area contributed by atoms with Crippen molar-refractivity contribution < 1.29 is 4.74 Å². The summed E-state index contributed by atoms with van der Waals surface area (Å²) < 4.78 is 5.10. The standard InChI is InChI=1S/C6H10O/c1-3-5-6(4-2)7-5/h3,5-6H,1,4H2,2H3/t5-,6-/m0/s1. The first-order valence-corrected chi connectivity index (χ1v) is 2.66. The molecular weight excluding hydrogens is 88.1 g/mol. The van der Waals surface area contributed by atoms with Gasteiger partial charge in [0.15, 0.2) is 0 Å². The average molecular weight is 98.1 g/mol. The highest BCUT2D eigenvalue weighted by atomic mass is 16.6. The first-order valence-electron chi connectivity index (χ1n) is 2.66. The van der Waals surface area contributed by atoms with Crippen LogP contribution in [0.3, 0.4) is 0 Å². The molecule has 0 radical (unpaired) electrons. The Hall–Kier alpha value is -0.300. The third-order valence-corrected chi connectivity index (χ3v) is 1.26. The van der Waals surface area contributed by atoms with Gasteiger partial charge in [-0.25, -0.2) is 0 Å². The van der Waals surface area contributed by atoms with Crippen LogP contribution in [0, 0.1) is 0 Å². The van der Waals surface area contributed by atoms with Crippen LogP contribution < -0.4 is 0 Å². The van der Waals surface area contributed by atoms with E-state index < -0.39 is 0 Å². The second-order valence-electron chi connectivity index (χ2n) is 1.78. The summed E-state index contributed by atoms with van der Waals surface area (Å²) in [6.07, 6.45) is 3.85. The molecule has 0 aliphatic carbocycles. The van der Waals surface area contributed by atoms with Crippen LogP contribution in [0.15, 0.2) is 12.7 Å². The number of rotatable bonds is 2. The fraction of sp³-hybridized carbons (Fsp3) is 0.667. The van der Waals surface area contributed by atoms with Crippen LogP contribution in [0.4, 0.5) is 0 Å². The fourth-order valence-corrected chi connectivity index (χ4v) is 0.692. The molecular formula is C6H10O. The fourth-order valence-electron chi connectivity index (χ4n) is 0.692. The van der Waals surface area contributed by atoms with E-state index in [0.29, 0.717) is 12.2 Å². The summed E-state index contributed by atoms with van der Waals surface area (Å²) in [5.74, 6) is 0. The van der Waals surface area contributed by atoms with E-state index in [0.717, 1.165) is 6.42 Å². The van der Waals surface area contributed by atoms with E-state index in [-0.39, 0.29) is 0 Å². The van der Waals surface area contributed by atoms with Gasteiger partial charge in [0.2, 0.25) is 0 Å². The molecule has 0 unspecified atom stereocenters. The summed E-state index contributed by atoms with van der Waals surface area (Å²) in [5.41, 5.74) is 0. The zero-order chi connectivity index (χ0) is 5.28. The van der Waals surface area contributed by atoms with Gasteiger partial charge in [0.1, 0.15) is 6.10 Å². The van der Waals surface area contributed by atoms with Crippen LogP contribution in [0.25, 0.3) is 0 Å². The van der Waals surface area contributed by atoms with Gasteiger partial charge in [-0.15, -0.1) is 6.58 Å². The molecule has 2 atom stereocenters. The van der Waals surface area contributed by atoms with Crippen LogP contribution in [-0.2, 0) is 4.74 Å². The lowest BCUT2D eigenvalue weighted by Gasteiger charge is -1.73. The normalized spacial score (nSPS) is 37.9. The van der Waals surface area contributed by atoms with Gasteiger partial charge in [-0.3, -0.25) is 0 Å². The summed E-state index contributed by atoms with van der Waals surface area (Å²) in [4.78, 5) is 0. The topological polar surface area (TPSA) is 12.5 Å². The first kappa shape index (κ1) is 4.85. The third kappa shape index (κ3) is 0.829. The minimum absolute atomic E-state index is 0.380. The molecule has 1 heterocycles. The van der Waals surface area contributed by atoms with E-state index in [2.05, 4.69) is 13.5 Å². The second kappa shape index (κ2) is 1.66. The van der Waals surface area contributed by atoms with Crippen molar-refractivity contribution in [1.82, 2.24) is 0 Å². The maximum Gasteiger partial charge on any atom is 0.102 e. The molecule has 1 fully saturated rings. The predicted octanol–water partition coefficient (Wildman–Crippen LogP) is 1.35. The minimum atomic E-state index is 0.380. The quantitative estimate of drug-likeness (QED) is 0.375. The van der Waals surface area contributed by atoms with Crippen molar-refractivity contribution in [3.05, 3.63) is 12.7 Å². The molecule has 0 aromatic heterocycles. The summed E-state index contributed by atoms with van der Waals surface area (Å²) in [6, 6.07) is 0. The molecule has 0 aromatic carbocycles. The zero-order valence-electron chi connectivity index (χ0n) is 4.55. The van der Waals surface area contributed by atoms with Crippen molar-refractivity contribution in [3.8, 4) is 0 Å². The smallest absolute Gasteiger partial charge is 0.102 e. The molecule has 0 amide bonds. The van der Waals surface area contributed by atoms with Gasteiger partial charge in [0.25, 0.3) is 0 Å². The Balaban J connectivity index is 2.17. The molecule has 1 heteroatoms. The van der Waals surface area contributed by atoms with E-state index >= 15 is 0 Å². The van der Waals surface area contributed by atoms with E-state index in [1.54, 1.807) is 0 Å². The number of hydrogen-bond donors (Lipinski definition) is 0. The van der Waals surface area contributed by atoms with Gasteiger partial charge in [0, 0.05) is 0 Å². The molecule has 1 nitrogen and oxygen atoms in total. The molecule has 0 N–H and O–H groups in total. The van der Waals surface area contributed by atoms with Crippen LogP contribution >= 0.6 is 0 Å². The van der Waals surface area contributed by atoms with Crippen molar-refractivity contribution in [2.45, 2.75) is 25.6 Å². The Labute approximate surface area is 44.0 Å². The van der Waals surface area contributed by atoms with E-state index in [9.17, 15) is 0 Å². The largest absolute Gasteiger partial charge is 0.365 e. The SMILES string of the molecule is C=C[C@@H]1O[C@H]1CC. The van der Waals surface area contributed by atoms with Gasteiger partial charge < -0.3 is 4.74 Å². The van der Waals surface area contributed by atoms with Crippen LogP contribution in [0.1, 0.15) is 13.3 Å². The Kier molecular flexibility index (Phi) is 1.15. The molecule has 1 rings (SSSR count). The van der Waals surface area contributed by atoms with Crippen LogP contribution in [0.2, 0.25) is 0 Å². The van der Waals surface area contributed by atoms with Gasteiger partial charge >= 0.3 is 0 Å². The maximum absolute atomic E-state index is 5.10. The van der Waals surface area contributed by atoms with Gasteiger partial charge in [0.05, 0.1) is 6.10 Å². The zero-order valence-corrected chi connectivity index (χ0v) is 4.55. The third-order valence-electron chi connectivity index (χ3n) is 1.26. The average Bonchev–Trinajstić information content (AvgIpc) is 2.43. The molecule has 7 heavy (non-hydrogen) atoms. The Morgan fingerprint density at radius 3 is 2.71 bits per heavy atom. The molecule has 0 aromatic rings. The molecule has 40 valence electrons. The molecule has 1 aliphatic rings. The van der Waals surface area contributed by atoms with Crippen molar-refractivity contribution >= 4 is 0 Å². The number of ether oxygens (including phenoxy) is 1. The molecule has 0 saturated carbocycles. The highest BCUT2D eigenvalue weighted by molar-refractivity contribution is 4.96. The Morgan fingerprint density at radius 2 is 2.57 bits per heavy atom. The van der Waals surface area contributed by atoms with E-state index in [1.165, 1.54) is 0 Å². The number of epoxide rings is 1. The lowest BCUT2D eigenvalue weighted by Crippen LogP contribution is -1.83. The predicted molar refractivity (Wildman–Crippen MR) is 29.1 cm³/mol. The summed E-state index contributed by atoms with van der Waals surface area (Å²) in [7, 11) is 0. The van der Waals surface area contributed by atoms with Crippen LogP contribution in [0.5, 0.6) is 0 Å². The van der Waals surface area contributed by atoms with Crippen molar-refractivity contribution in [3.63, 3.8) is 0 Å². The Bertz CT molecular complexity index is 78.2.